The van der Waals surface area contributed by atoms with Crippen molar-refractivity contribution in [2.24, 2.45) is 7.05 Å². The van der Waals surface area contributed by atoms with Gasteiger partial charge in [0.2, 0.25) is 5.95 Å². The van der Waals surface area contributed by atoms with Gasteiger partial charge in [0, 0.05) is 37.6 Å². The first-order valence-electron chi connectivity index (χ1n) is 8.96. The first-order chi connectivity index (χ1) is 13.5. The van der Waals surface area contributed by atoms with Crippen molar-refractivity contribution in [2.75, 3.05) is 12.4 Å². The third-order valence-electron chi connectivity index (χ3n) is 4.33. The number of Topliss-reactive ketones (excluding diaryl/α,β-unsaturated/α-hetero) is 1. The van der Waals surface area contributed by atoms with Gasteiger partial charge in [-0.2, -0.15) is 5.10 Å². The summed E-state index contributed by atoms with van der Waals surface area (Å²) in [5, 5.41) is 7.13. The minimum atomic E-state index is -0.439. The summed E-state index contributed by atoms with van der Waals surface area (Å²) >= 11 is 0. The number of nitrogens with one attached hydrogen (secondary N) is 1. The monoisotopic (exact) mass is 383 g/mol. The van der Waals surface area contributed by atoms with E-state index in [9.17, 15) is 9.18 Å². The lowest BCUT2D eigenvalue weighted by Crippen LogP contribution is -2.04. The minimum absolute atomic E-state index is 0.0475. The Morgan fingerprint density at radius 3 is 2.57 bits per heavy atom. The number of aromatic nitrogens is 4. The molecule has 146 valence electrons. The van der Waals surface area contributed by atoms with Crippen LogP contribution in [0.25, 0.3) is 0 Å². The topological polar surface area (TPSA) is 81.9 Å². The number of aryl methyl sites for hydroxylation is 3. The van der Waals surface area contributed by atoms with E-state index in [0.29, 0.717) is 36.3 Å². The van der Waals surface area contributed by atoms with Crippen molar-refractivity contribution in [1.82, 2.24) is 19.7 Å². The molecule has 1 aromatic carbocycles. The molecule has 0 aliphatic rings. The van der Waals surface area contributed by atoms with Crippen LogP contribution in [-0.2, 0) is 19.9 Å². The van der Waals surface area contributed by atoms with Crippen LogP contribution < -0.4 is 10.1 Å². The van der Waals surface area contributed by atoms with Crippen molar-refractivity contribution in [3.8, 4) is 5.75 Å². The van der Waals surface area contributed by atoms with Gasteiger partial charge in [0.1, 0.15) is 0 Å². The lowest BCUT2D eigenvalue weighted by Gasteiger charge is -2.10. The van der Waals surface area contributed by atoms with Gasteiger partial charge in [-0.3, -0.25) is 9.48 Å². The van der Waals surface area contributed by atoms with Crippen LogP contribution in [0.2, 0.25) is 0 Å². The van der Waals surface area contributed by atoms with Crippen LogP contribution in [0.1, 0.15) is 34.8 Å². The highest BCUT2D eigenvalue weighted by atomic mass is 19.1. The molecule has 0 spiro atoms. The van der Waals surface area contributed by atoms with Crippen molar-refractivity contribution in [3.63, 3.8) is 0 Å². The SMILES string of the molecule is CCC(=O)c1cc(CCc2cnc(Nc3cnn(C)c3)nc2)c(F)c(OC)c1. The first-order valence-corrected chi connectivity index (χ1v) is 8.96. The van der Waals surface area contributed by atoms with E-state index >= 15 is 0 Å². The second-order valence-electron chi connectivity index (χ2n) is 6.37. The highest BCUT2D eigenvalue weighted by Gasteiger charge is 2.15. The van der Waals surface area contributed by atoms with Crippen LogP contribution in [-0.4, -0.2) is 32.6 Å². The Labute approximate surface area is 162 Å². The molecule has 1 N–H and O–H groups in total. The number of benzene rings is 1. The first kappa shape index (κ1) is 19.5. The van der Waals surface area contributed by atoms with E-state index in [2.05, 4.69) is 20.4 Å². The number of carbonyl (C=O) groups is 1. The average molecular weight is 383 g/mol. The van der Waals surface area contributed by atoms with Gasteiger partial charge < -0.3 is 10.1 Å². The maximum atomic E-state index is 14.5. The van der Waals surface area contributed by atoms with Crippen LogP contribution >= 0.6 is 0 Å². The van der Waals surface area contributed by atoms with Crippen molar-refractivity contribution in [1.29, 1.82) is 0 Å². The van der Waals surface area contributed by atoms with E-state index in [0.717, 1.165) is 11.3 Å². The summed E-state index contributed by atoms with van der Waals surface area (Å²) in [7, 11) is 3.22. The van der Waals surface area contributed by atoms with Crippen LogP contribution in [0.4, 0.5) is 16.0 Å². The summed E-state index contributed by atoms with van der Waals surface area (Å²) in [6, 6.07) is 3.05. The number of methoxy groups -OCH3 is 1. The Bertz CT molecular complexity index is 969. The standard InChI is InChI=1S/C20H22FN5O2/c1-4-17(27)15-7-14(19(21)18(8-15)28-3)6-5-13-9-22-20(23-10-13)25-16-11-24-26(2)12-16/h7-12H,4-6H2,1-3H3,(H,22,23,25). The van der Waals surface area contributed by atoms with E-state index in [1.165, 1.54) is 13.2 Å². The number of anilines is 2. The largest absolute Gasteiger partial charge is 0.494 e. The summed E-state index contributed by atoms with van der Waals surface area (Å²) in [5.74, 6) is 0.0568. The Morgan fingerprint density at radius 1 is 1.21 bits per heavy atom. The normalized spacial score (nSPS) is 10.7. The Hall–Kier alpha value is -3.29. The number of halogens is 1. The van der Waals surface area contributed by atoms with E-state index in [1.54, 1.807) is 36.3 Å². The molecular formula is C20H22FN5O2. The Morgan fingerprint density at radius 2 is 1.96 bits per heavy atom. The van der Waals surface area contributed by atoms with Crippen molar-refractivity contribution < 1.29 is 13.9 Å². The maximum absolute atomic E-state index is 14.5. The van der Waals surface area contributed by atoms with Gasteiger partial charge in [-0.05, 0) is 36.1 Å². The smallest absolute Gasteiger partial charge is 0.227 e. The molecule has 0 atom stereocenters. The van der Waals surface area contributed by atoms with E-state index in [-0.39, 0.29) is 11.5 Å². The second kappa shape index (κ2) is 8.60. The molecule has 0 fully saturated rings. The molecule has 0 radical (unpaired) electrons. The average Bonchev–Trinajstić information content (AvgIpc) is 3.12. The third-order valence-corrected chi connectivity index (χ3v) is 4.33. The molecule has 0 saturated heterocycles. The van der Waals surface area contributed by atoms with Gasteiger partial charge in [0.05, 0.1) is 19.0 Å². The third kappa shape index (κ3) is 4.51. The van der Waals surface area contributed by atoms with Crippen LogP contribution in [0.5, 0.6) is 5.75 Å². The zero-order valence-corrected chi connectivity index (χ0v) is 16.1. The predicted octanol–water partition coefficient (Wildman–Crippen LogP) is 3.48. The van der Waals surface area contributed by atoms with Crippen LogP contribution in [0, 0.1) is 5.82 Å². The highest BCUT2D eigenvalue weighted by molar-refractivity contribution is 5.96. The van der Waals surface area contributed by atoms with Crippen molar-refractivity contribution in [3.05, 3.63) is 59.4 Å². The number of carbonyl (C=O) groups excluding carboxylic acids is 1. The molecule has 7 nitrogen and oxygen atoms in total. The lowest BCUT2D eigenvalue weighted by molar-refractivity contribution is 0.0987. The number of hydrogen-bond acceptors (Lipinski definition) is 6. The van der Waals surface area contributed by atoms with Crippen molar-refractivity contribution in [2.45, 2.75) is 26.2 Å². The molecule has 0 bridgehead atoms. The zero-order valence-electron chi connectivity index (χ0n) is 16.1. The van der Waals surface area contributed by atoms with Gasteiger partial charge in [0.15, 0.2) is 17.3 Å². The molecule has 3 aromatic rings. The minimum Gasteiger partial charge on any atom is -0.494 e. The van der Waals surface area contributed by atoms with Crippen LogP contribution in [0.15, 0.2) is 36.9 Å². The summed E-state index contributed by atoms with van der Waals surface area (Å²) in [6.07, 6.45) is 8.19. The highest BCUT2D eigenvalue weighted by Crippen LogP contribution is 2.25. The van der Waals surface area contributed by atoms with E-state index in [1.807, 2.05) is 13.2 Å². The Kier molecular flexibility index (Phi) is 5.98. The second-order valence-corrected chi connectivity index (χ2v) is 6.37. The molecule has 2 heterocycles. The van der Waals surface area contributed by atoms with Crippen LogP contribution in [0.3, 0.4) is 0 Å². The summed E-state index contributed by atoms with van der Waals surface area (Å²) < 4.78 is 21.3. The molecule has 0 saturated carbocycles. The quantitative estimate of drug-likeness (QED) is 0.600. The molecule has 0 aliphatic heterocycles. The Balaban J connectivity index is 1.70. The molecule has 8 heteroatoms. The van der Waals surface area contributed by atoms with E-state index in [4.69, 9.17) is 4.74 Å². The summed E-state index contributed by atoms with van der Waals surface area (Å²) in [5.41, 5.74) is 2.56. The fourth-order valence-electron chi connectivity index (χ4n) is 2.79. The molecule has 28 heavy (non-hydrogen) atoms. The van der Waals surface area contributed by atoms with Gasteiger partial charge in [0.25, 0.3) is 0 Å². The van der Waals surface area contributed by atoms with Gasteiger partial charge in [-0.15, -0.1) is 0 Å². The van der Waals surface area contributed by atoms with Gasteiger partial charge in [-0.1, -0.05) is 6.92 Å². The lowest BCUT2D eigenvalue weighted by atomic mass is 10.00. The maximum Gasteiger partial charge on any atom is 0.227 e. The molecular weight excluding hydrogens is 361 g/mol. The van der Waals surface area contributed by atoms with Gasteiger partial charge in [-0.25, -0.2) is 14.4 Å². The van der Waals surface area contributed by atoms with Crippen molar-refractivity contribution >= 4 is 17.4 Å². The van der Waals surface area contributed by atoms with E-state index < -0.39 is 5.82 Å². The zero-order chi connectivity index (χ0) is 20.1. The molecule has 2 aromatic heterocycles. The fourth-order valence-corrected chi connectivity index (χ4v) is 2.79. The number of ketones is 1. The number of ether oxygens (including phenoxy) is 1. The number of hydrogen-bond donors (Lipinski definition) is 1. The summed E-state index contributed by atoms with van der Waals surface area (Å²) in [4.78, 5) is 20.6. The fraction of sp³-hybridized carbons (Fsp3) is 0.300. The molecule has 3 rings (SSSR count). The summed E-state index contributed by atoms with van der Waals surface area (Å²) in [6.45, 7) is 1.77. The number of rotatable bonds is 8. The molecule has 0 unspecified atom stereocenters. The molecule has 0 amide bonds. The van der Waals surface area contributed by atoms with Gasteiger partial charge >= 0.3 is 0 Å². The molecule has 0 aliphatic carbocycles. The predicted molar refractivity (Wildman–Crippen MR) is 104 cm³/mol. The number of nitrogens with zero attached hydrogens (tertiary/aromatic N) is 4.